The Bertz CT molecular complexity index is 415. The van der Waals surface area contributed by atoms with E-state index in [2.05, 4.69) is 19.1 Å². The van der Waals surface area contributed by atoms with E-state index in [1.54, 1.807) is 0 Å². The number of nitrogens with zero attached hydrogens (tertiary/aromatic N) is 1. The van der Waals surface area contributed by atoms with Gasteiger partial charge in [0.05, 0.1) is 5.92 Å². The van der Waals surface area contributed by atoms with Gasteiger partial charge in [0.2, 0.25) is 5.91 Å². The number of nitrogens with two attached hydrogens (primary N) is 1. The monoisotopic (exact) mass is 262 g/mol. The van der Waals surface area contributed by atoms with E-state index >= 15 is 0 Å². The number of hydrogen-bond donors (Lipinski definition) is 1. The summed E-state index contributed by atoms with van der Waals surface area (Å²) in [5, 5.41) is 0. The number of carbonyl (C=O) groups is 1. The third-order valence-electron chi connectivity index (χ3n) is 3.73. The standard InChI is InChI=1S/C16H26N2O/c1-12(2)15(11-17)16(19)18(4)10-9-14-8-6-5-7-13(14)3/h5-8,12,15H,9-11,17H2,1-4H3. The maximum Gasteiger partial charge on any atom is 0.226 e. The summed E-state index contributed by atoms with van der Waals surface area (Å²) in [6.45, 7) is 7.36. The van der Waals surface area contributed by atoms with Gasteiger partial charge in [-0.1, -0.05) is 38.1 Å². The normalized spacial score (nSPS) is 12.5. The Morgan fingerprint density at radius 1 is 1.32 bits per heavy atom. The van der Waals surface area contributed by atoms with Gasteiger partial charge in [-0.3, -0.25) is 4.79 Å². The Kier molecular flexibility index (Phi) is 6.03. The summed E-state index contributed by atoms with van der Waals surface area (Å²) in [5.41, 5.74) is 8.28. The van der Waals surface area contributed by atoms with Gasteiger partial charge in [-0.05, 0) is 30.4 Å². The fraction of sp³-hybridized carbons (Fsp3) is 0.562. The first-order valence-corrected chi connectivity index (χ1v) is 6.97. The molecule has 0 aliphatic rings. The molecular formula is C16H26N2O. The second kappa shape index (κ2) is 7.29. The molecule has 0 aliphatic heterocycles. The predicted molar refractivity (Wildman–Crippen MR) is 79.9 cm³/mol. The molecule has 2 N–H and O–H groups in total. The number of carbonyl (C=O) groups excluding carboxylic acids is 1. The van der Waals surface area contributed by atoms with Crippen molar-refractivity contribution in [3.05, 3.63) is 35.4 Å². The zero-order valence-corrected chi connectivity index (χ0v) is 12.5. The van der Waals surface area contributed by atoms with Crippen molar-refractivity contribution >= 4 is 5.91 Å². The van der Waals surface area contributed by atoms with Gasteiger partial charge >= 0.3 is 0 Å². The third kappa shape index (κ3) is 4.35. The zero-order chi connectivity index (χ0) is 14.4. The first-order chi connectivity index (χ1) is 8.97. The molecule has 1 atom stereocenters. The number of amides is 1. The number of rotatable bonds is 6. The van der Waals surface area contributed by atoms with Crippen molar-refractivity contribution in [3.8, 4) is 0 Å². The lowest BCUT2D eigenvalue weighted by Crippen LogP contribution is -2.40. The average molecular weight is 262 g/mol. The quantitative estimate of drug-likeness (QED) is 0.854. The van der Waals surface area contributed by atoms with Crippen molar-refractivity contribution in [2.75, 3.05) is 20.1 Å². The van der Waals surface area contributed by atoms with E-state index in [9.17, 15) is 4.79 Å². The lowest BCUT2D eigenvalue weighted by Gasteiger charge is -2.25. The predicted octanol–water partition coefficient (Wildman–Crippen LogP) is 2.23. The highest BCUT2D eigenvalue weighted by atomic mass is 16.2. The Morgan fingerprint density at radius 2 is 1.95 bits per heavy atom. The number of likely N-dealkylation sites (N-methyl/N-ethyl adjacent to an activating group) is 1. The van der Waals surface area contributed by atoms with E-state index in [4.69, 9.17) is 5.73 Å². The van der Waals surface area contributed by atoms with Gasteiger partial charge in [-0.2, -0.15) is 0 Å². The second-order valence-corrected chi connectivity index (χ2v) is 5.52. The Labute approximate surface area is 116 Å². The lowest BCUT2D eigenvalue weighted by atomic mass is 9.94. The maximum absolute atomic E-state index is 12.3. The van der Waals surface area contributed by atoms with Crippen LogP contribution in [0.25, 0.3) is 0 Å². The van der Waals surface area contributed by atoms with Crippen LogP contribution in [0.5, 0.6) is 0 Å². The number of hydrogen-bond acceptors (Lipinski definition) is 2. The van der Waals surface area contributed by atoms with Crippen LogP contribution < -0.4 is 5.73 Å². The number of aryl methyl sites for hydroxylation is 1. The Balaban J connectivity index is 2.58. The topological polar surface area (TPSA) is 46.3 Å². The van der Waals surface area contributed by atoms with Crippen LogP contribution >= 0.6 is 0 Å². The van der Waals surface area contributed by atoms with Gasteiger partial charge in [-0.15, -0.1) is 0 Å². The van der Waals surface area contributed by atoms with Crippen LogP contribution in [0.3, 0.4) is 0 Å². The smallest absolute Gasteiger partial charge is 0.226 e. The summed E-state index contributed by atoms with van der Waals surface area (Å²) in [5.74, 6) is 0.381. The Morgan fingerprint density at radius 3 is 2.47 bits per heavy atom. The van der Waals surface area contributed by atoms with Gasteiger partial charge in [-0.25, -0.2) is 0 Å². The largest absolute Gasteiger partial charge is 0.345 e. The van der Waals surface area contributed by atoms with E-state index in [1.165, 1.54) is 11.1 Å². The summed E-state index contributed by atoms with van der Waals surface area (Å²) in [7, 11) is 1.87. The fourth-order valence-electron chi connectivity index (χ4n) is 2.23. The van der Waals surface area contributed by atoms with Crippen molar-refractivity contribution < 1.29 is 4.79 Å². The number of benzene rings is 1. The van der Waals surface area contributed by atoms with E-state index in [0.717, 1.165) is 13.0 Å². The van der Waals surface area contributed by atoms with E-state index in [-0.39, 0.29) is 11.8 Å². The molecule has 3 nitrogen and oxygen atoms in total. The first kappa shape index (κ1) is 15.7. The summed E-state index contributed by atoms with van der Waals surface area (Å²) >= 11 is 0. The molecule has 3 heteroatoms. The average Bonchev–Trinajstić information content (AvgIpc) is 2.37. The molecule has 1 aromatic carbocycles. The summed E-state index contributed by atoms with van der Waals surface area (Å²) in [6.07, 6.45) is 0.893. The molecule has 1 unspecified atom stereocenters. The van der Waals surface area contributed by atoms with Crippen LogP contribution in [0.15, 0.2) is 24.3 Å². The molecule has 0 saturated heterocycles. The molecule has 19 heavy (non-hydrogen) atoms. The van der Waals surface area contributed by atoms with Gasteiger partial charge in [0.15, 0.2) is 0 Å². The highest BCUT2D eigenvalue weighted by Gasteiger charge is 2.23. The maximum atomic E-state index is 12.3. The SMILES string of the molecule is Cc1ccccc1CCN(C)C(=O)C(CN)C(C)C. The van der Waals surface area contributed by atoms with Crippen molar-refractivity contribution in [3.63, 3.8) is 0 Å². The molecular weight excluding hydrogens is 236 g/mol. The molecule has 0 fully saturated rings. The second-order valence-electron chi connectivity index (χ2n) is 5.52. The van der Waals surface area contributed by atoms with E-state index in [0.29, 0.717) is 12.5 Å². The highest BCUT2D eigenvalue weighted by molar-refractivity contribution is 5.79. The van der Waals surface area contributed by atoms with Crippen LogP contribution in [0, 0.1) is 18.8 Å². The third-order valence-corrected chi connectivity index (χ3v) is 3.73. The minimum atomic E-state index is -0.0677. The molecule has 0 heterocycles. The molecule has 0 spiro atoms. The zero-order valence-electron chi connectivity index (χ0n) is 12.5. The van der Waals surface area contributed by atoms with Gasteiger partial charge in [0, 0.05) is 20.1 Å². The van der Waals surface area contributed by atoms with Crippen molar-refractivity contribution in [2.45, 2.75) is 27.2 Å². The lowest BCUT2D eigenvalue weighted by molar-refractivity contribution is -0.135. The molecule has 0 aromatic heterocycles. The molecule has 0 bridgehead atoms. The van der Waals surface area contributed by atoms with Crippen LogP contribution in [0.2, 0.25) is 0 Å². The molecule has 0 saturated carbocycles. The van der Waals surface area contributed by atoms with Crippen LogP contribution in [0.1, 0.15) is 25.0 Å². The molecule has 1 amide bonds. The fourth-order valence-corrected chi connectivity index (χ4v) is 2.23. The minimum absolute atomic E-state index is 0.0677. The van der Waals surface area contributed by atoms with Crippen LogP contribution in [-0.2, 0) is 11.2 Å². The van der Waals surface area contributed by atoms with Crippen molar-refractivity contribution in [1.29, 1.82) is 0 Å². The highest BCUT2D eigenvalue weighted by Crippen LogP contribution is 2.13. The van der Waals surface area contributed by atoms with E-state index in [1.807, 2.05) is 37.9 Å². The van der Waals surface area contributed by atoms with Gasteiger partial charge in [0.25, 0.3) is 0 Å². The molecule has 0 radical (unpaired) electrons. The van der Waals surface area contributed by atoms with Gasteiger partial charge in [0.1, 0.15) is 0 Å². The molecule has 106 valence electrons. The molecule has 1 aromatic rings. The molecule has 1 rings (SSSR count). The van der Waals surface area contributed by atoms with Crippen molar-refractivity contribution in [1.82, 2.24) is 4.90 Å². The first-order valence-electron chi connectivity index (χ1n) is 6.97. The summed E-state index contributed by atoms with van der Waals surface area (Å²) < 4.78 is 0. The minimum Gasteiger partial charge on any atom is -0.345 e. The summed E-state index contributed by atoms with van der Waals surface area (Å²) in [6, 6.07) is 8.31. The summed E-state index contributed by atoms with van der Waals surface area (Å²) in [4.78, 5) is 14.1. The van der Waals surface area contributed by atoms with Crippen LogP contribution in [0.4, 0.5) is 0 Å². The van der Waals surface area contributed by atoms with E-state index < -0.39 is 0 Å². The Hall–Kier alpha value is -1.35. The molecule has 0 aliphatic carbocycles. The van der Waals surface area contributed by atoms with Gasteiger partial charge < -0.3 is 10.6 Å². The van der Waals surface area contributed by atoms with Crippen molar-refractivity contribution in [2.24, 2.45) is 17.6 Å². The van der Waals surface area contributed by atoms with Crippen LogP contribution in [-0.4, -0.2) is 30.9 Å².